The molecule has 1 heterocycles. The Labute approximate surface area is 74.1 Å². The van der Waals surface area contributed by atoms with Crippen molar-refractivity contribution in [2.24, 2.45) is 0 Å². The minimum Gasteiger partial charge on any atom is -0.411 e. The number of hydrogen-bond acceptors (Lipinski definition) is 4. The minimum atomic E-state index is -0.560. The number of aromatic nitrogens is 2. The van der Waals surface area contributed by atoms with E-state index in [1.165, 1.54) is 7.11 Å². The van der Waals surface area contributed by atoms with E-state index >= 15 is 0 Å². The molecule has 0 aliphatic carbocycles. The number of nitrogen functional groups attached to an aromatic ring is 1. The molecule has 0 saturated heterocycles. The van der Waals surface area contributed by atoms with Crippen molar-refractivity contribution >= 4 is 5.82 Å². The van der Waals surface area contributed by atoms with Gasteiger partial charge in [0.2, 0.25) is 0 Å². The smallest absolute Gasteiger partial charge is 0.365 e. The maximum absolute atomic E-state index is 11.4. The normalized spacial score (nSPS) is 10.0. The fourth-order valence-electron chi connectivity index (χ4n) is 1.05. The molecule has 1 rings (SSSR count). The van der Waals surface area contributed by atoms with Crippen molar-refractivity contribution in [2.45, 2.75) is 13.5 Å². The molecule has 72 valence electrons. The van der Waals surface area contributed by atoms with Crippen molar-refractivity contribution in [1.82, 2.24) is 9.30 Å². The van der Waals surface area contributed by atoms with Gasteiger partial charge in [-0.3, -0.25) is 9.36 Å². The van der Waals surface area contributed by atoms with Crippen LogP contribution < -0.4 is 21.8 Å². The standard InChI is InChI=1S/C7H11N3O3/c1-3-9-6(11)4-5(8)10(13-2)7(9)12/h4H,3,8H2,1-2H3. The molecule has 0 aromatic carbocycles. The maximum Gasteiger partial charge on any atom is 0.365 e. The summed E-state index contributed by atoms with van der Waals surface area (Å²) in [5.41, 5.74) is 4.40. The quantitative estimate of drug-likeness (QED) is 0.619. The van der Waals surface area contributed by atoms with Gasteiger partial charge in [0.25, 0.3) is 5.56 Å². The van der Waals surface area contributed by atoms with Crippen molar-refractivity contribution in [3.63, 3.8) is 0 Å². The Kier molecular flexibility index (Phi) is 2.41. The molecule has 2 N–H and O–H groups in total. The highest BCUT2D eigenvalue weighted by molar-refractivity contribution is 5.25. The summed E-state index contributed by atoms with van der Waals surface area (Å²) in [6.45, 7) is 1.99. The Hall–Kier alpha value is -1.72. The van der Waals surface area contributed by atoms with Gasteiger partial charge < -0.3 is 10.6 Å². The van der Waals surface area contributed by atoms with Crippen molar-refractivity contribution in [3.8, 4) is 0 Å². The van der Waals surface area contributed by atoms with Crippen LogP contribution in [-0.4, -0.2) is 16.4 Å². The van der Waals surface area contributed by atoms with Gasteiger partial charge in [-0.1, -0.05) is 0 Å². The molecule has 0 amide bonds. The molecule has 0 fully saturated rings. The van der Waals surface area contributed by atoms with E-state index in [1.807, 2.05) is 0 Å². The van der Waals surface area contributed by atoms with Crippen LogP contribution in [0.4, 0.5) is 5.82 Å². The van der Waals surface area contributed by atoms with Gasteiger partial charge in [-0.25, -0.2) is 4.79 Å². The SMILES string of the molecule is CCn1c(=O)cc(N)n(OC)c1=O. The van der Waals surface area contributed by atoms with Crippen LogP contribution in [0, 0.1) is 0 Å². The van der Waals surface area contributed by atoms with Crippen LogP contribution >= 0.6 is 0 Å². The second kappa shape index (κ2) is 3.34. The molecule has 6 nitrogen and oxygen atoms in total. The summed E-state index contributed by atoms with van der Waals surface area (Å²) < 4.78 is 1.89. The van der Waals surface area contributed by atoms with Gasteiger partial charge in [-0.15, -0.1) is 4.73 Å². The fraction of sp³-hybridized carbons (Fsp3) is 0.429. The van der Waals surface area contributed by atoms with Crippen LogP contribution in [-0.2, 0) is 6.54 Å². The van der Waals surface area contributed by atoms with Crippen LogP contribution in [0.25, 0.3) is 0 Å². The fourth-order valence-corrected chi connectivity index (χ4v) is 1.05. The first-order chi connectivity index (χ1) is 6.11. The Balaban J connectivity index is 3.59. The predicted molar refractivity (Wildman–Crippen MR) is 47.6 cm³/mol. The highest BCUT2D eigenvalue weighted by atomic mass is 16.7. The maximum atomic E-state index is 11.4. The lowest BCUT2D eigenvalue weighted by Gasteiger charge is -2.08. The molecule has 0 bridgehead atoms. The lowest BCUT2D eigenvalue weighted by atomic mass is 10.5. The van der Waals surface area contributed by atoms with E-state index < -0.39 is 11.2 Å². The van der Waals surface area contributed by atoms with Gasteiger partial charge in [0.15, 0.2) is 5.82 Å². The molecule has 0 atom stereocenters. The second-order valence-corrected chi connectivity index (χ2v) is 2.41. The van der Waals surface area contributed by atoms with Gasteiger partial charge in [-0.05, 0) is 6.92 Å². The number of nitrogens with zero attached hydrogens (tertiary/aromatic N) is 2. The van der Waals surface area contributed by atoms with Gasteiger partial charge >= 0.3 is 5.69 Å². The average molecular weight is 185 g/mol. The topological polar surface area (TPSA) is 79.2 Å². The summed E-state index contributed by atoms with van der Waals surface area (Å²) in [7, 11) is 1.31. The first-order valence-electron chi connectivity index (χ1n) is 3.78. The summed E-state index contributed by atoms with van der Waals surface area (Å²) in [4.78, 5) is 27.3. The molecule has 0 unspecified atom stereocenters. The van der Waals surface area contributed by atoms with Gasteiger partial charge in [0.05, 0.1) is 0 Å². The van der Waals surface area contributed by atoms with Crippen molar-refractivity contribution in [2.75, 3.05) is 12.8 Å². The van der Waals surface area contributed by atoms with Gasteiger partial charge in [0, 0.05) is 12.6 Å². The first kappa shape index (κ1) is 9.37. The average Bonchev–Trinajstić information content (AvgIpc) is 2.04. The third kappa shape index (κ3) is 1.42. The van der Waals surface area contributed by atoms with Crippen LogP contribution in [0.2, 0.25) is 0 Å². The molecule has 0 spiro atoms. The summed E-state index contributed by atoms with van der Waals surface area (Å²) in [5, 5.41) is 0. The van der Waals surface area contributed by atoms with Crippen molar-refractivity contribution < 1.29 is 4.84 Å². The Bertz CT molecular complexity index is 418. The van der Waals surface area contributed by atoms with E-state index in [0.717, 1.165) is 15.4 Å². The molecule has 1 aromatic rings. The minimum absolute atomic E-state index is 0.00204. The van der Waals surface area contributed by atoms with E-state index in [-0.39, 0.29) is 5.82 Å². The third-order valence-corrected chi connectivity index (χ3v) is 1.68. The molecular formula is C7H11N3O3. The lowest BCUT2D eigenvalue weighted by Crippen LogP contribution is -2.41. The summed E-state index contributed by atoms with van der Waals surface area (Å²) >= 11 is 0. The number of hydrogen-bond donors (Lipinski definition) is 1. The van der Waals surface area contributed by atoms with Gasteiger partial charge in [0.1, 0.15) is 7.11 Å². The molecular weight excluding hydrogens is 174 g/mol. The van der Waals surface area contributed by atoms with Crippen LogP contribution in [0.1, 0.15) is 6.92 Å². The number of nitrogens with two attached hydrogens (primary N) is 1. The van der Waals surface area contributed by atoms with E-state index in [2.05, 4.69) is 0 Å². The van der Waals surface area contributed by atoms with E-state index in [9.17, 15) is 9.59 Å². The van der Waals surface area contributed by atoms with Crippen molar-refractivity contribution in [3.05, 3.63) is 26.9 Å². The first-order valence-corrected chi connectivity index (χ1v) is 3.78. The molecule has 1 aromatic heterocycles. The largest absolute Gasteiger partial charge is 0.411 e. The molecule has 13 heavy (non-hydrogen) atoms. The summed E-state index contributed by atoms with van der Waals surface area (Å²) in [6, 6.07) is 1.15. The zero-order valence-corrected chi connectivity index (χ0v) is 7.48. The Morgan fingerprint density at radius 3 is 2.62 bits per heavy atom. The second-order valence-electron chi connectivity index (χ2n) is 2.41. The third-order valence-electron chi connectivity index (χ3n) is 1.68. The summed E-state index contributed by atoms with van der Waals surface area (Å²) in [6.07, 6.45) is 0. The Morgan fingerprint density at radius 2 is 2.15 bits per heavy atom. The van der Waals surface area contributed by atoms with Gasteiger partial charge in [-0.2, -0.15) is 0 Å². The Morgan fingerprint density at radius 1 is 1.54 bits per heavy atom. The monoisotopic (exact) mass is 185 g/mol. The highest BCUT2D eigenvalue weighted by Gasteiger charge is 2.06. The molecule has 6 heteroatoms. The lowest BCUT2D eigenvalue weighted by molar-refractivity contribution is 0.153. The zero-order valence-electron chi connectivity index (χ0n) is 7.48. The van der Waals surface area contributed by atoms with Crippen molar-refractivity contribution in [1.29, 1.82) is 0 Å². The molecule has 0 saturated carbocycles. The van der Waals surface area contributed by atoms with E-state index in [4.69, 9.17) is 10.6 Å². The summed E-state index contributed by atoms with van der Waals surface area (Å²) in [5.74, 6) is 0.00204. The van der Waals surface area contributed by atoms with E-state index in [1.54, 1.807) is 6.92 Å². The van der Waals surface area contributed by atoms with Crippen LogP contribution in [0.5, 0.6) is 0 Å². The molecule has 0 aliphatic heterocycles. The predicted octanol–water partition coefficient (Wildman–Crippen LogP) is -1.33. The number of anilines is 1. The zero-order chi connectivity index (χ0) is 10.0. The highest BCUT2D eigenvalue weighted by Crippen LogP contribution is 1.89. The van der Waals surface area contributed by atoms with E-state index in [0.29, 0.717) is 6.54 Å². The molecule has 0 aliphatic rings. The van der Waals surface area contributed by atoms with Crippen LogP contribution in [0.15, 0.2) is 15.7 Å². The van der Waals surface area contributed by atoms with Crippen LogP contribution in [0.3, 0.4) is 0 Å². The number of rotatable bonds is 2. The molecule has 0 radical (unpaired) electrons.